The maximum Gasteiger partial charge on any atom is 0.230 e. The summed E-state index contributed by atoms with van der Waals surface area (Å²) in [6.07, 6.45) is 9.67. The van der Waals surface area contributed by atoms with Gasteiger partial charge in [-0.2, -0.15) is 0 Å². The fourth-order valence-electron chi connectivity index (χ4n) is 3.73. The lowest BCUT2D eigenvalue weighted by Crippen LogP contribution is -2.31. The van der Waals surface area contributed by atoms with E-state index in [0.29, 0.717) is 26.9 Å². The Hall–Kier alpha value is -2.09. The Balaban J connectivity index is 1.52. The fourth-order valence-corrected chi connectivity index (χ4v) is 4.81. The van der Waals surface area contributed by atoms with E-state index < -0.39 is 0 Å². The SMILES string of the molecule is O=C(CSc1nnc(-c2cccnc2)n1-c1ccc(Cl)c(Cl)c1)NCC1CCCCC1. The van der Waals surface area contributed by atoms with Crippen LogP contribution in [0.1, 0.15) is 32.1 Å². The maximum atomic E-state index is 12.4. The van der Waals surface area contributed by atoms with Gasteiger partial charge in [0, 0.05) is 24.5 Å². The second-order valence-electron chi connectivity index (χ2n) is 7.58. The molecule has 3 aromatic rings. The number of rotatable bonds is 7. The zero-order chi connectivity index (χ0) is 21.6. The van der Waals surface area contributed by atoms with Crippen LogP contribution in [0.15, 0.2) is 47.9 Å². The van der Waals surface area contributed by atoms with Crippen molar-refractivity contribution in [1.29, 1.82) is 0 Å². The van der Waals surface area contributed by atoms with Gasteiger partial charge in [0.2, 0.25) is 5.91 Å². The van der Waals surface area contributed by atoms with Crippen molar-refractivity contribution in [2.75, 3.05) is 12.3 Å². The summed E-state index contributed by atoms with van der Waals surface area (Å²) in [7, 11) is 0. The summed E-state index contributed by atoms with van der Waals surface area (Å²) in [5, 5.41) is 13.3. The van der Waals surface area contributed by atoms with E-state index in [4.69, 9.17) is 23.2 Å². The molecule has 0 radical (unpaired) electrons. The highest BCUT2D eigenvalue weighted by Crippen LogP contribution is 2.31. The molecular weight excluding hydrogens is 453 g/mol. The summed E-state index contributed by atoms with van der Waals surface area (Å²) in [6.45, 7) is 0.750. The second-order valence-corrected chi connectivity index (χ2v) is 9.34. The van der Waals surface area contributed by atoms with E-state index in [9.17, 15) is 4.79 Å². The molecule has 1 aliphatic carbocycles. The van der Waals surface area contributed by atoms with Gasteiger partial charge in [-0.15, -0.1) is 10.2 Å². The van der Waals surface area contributed by atoms with Crippen LogP contribution in [-0.2, 0) is 4.79 Å². The molecule has 0 spiro atoms. The van der Waals surface area contributed by atoms with Gasteiger partial charge in [-0.05, 0) is 49.1 Å². The van der Waals surface area contributed by atoms with E-state index >= 15 is 0 Å². The van der Waals surface area contributed by atoms with Gasteiger partial charge in [0.25, 0.3) is 0 Å². The first-order valence-electron chi connectivity index (χ1n) is 10.3. The Morgan fingerprint density at radius 1 is 1.13 bits per heavy atom. The Morgan fingerprint density at radius 3 is 2.71 bits per heavy atom. The molecule has 1 saturated carbocycles. The summed E-state index contributed by atoms with van der Waals surface area (Å²) in [5.74, 6) is 1.48. The first-order valence-corrected chi connectivity index (χ1v) is 12.1. The molecule has 2 aromatic heterocycles. The first kappa shape index (κ1) is 22.1. The summed E-state index contributed by atoms with van der Waals surface area (Å²) < 4.78 is 1.87. The number of hydrogen-bond acceptors (Lipinski definition) is 5. The smallest absolute Gasteiger partial charge is 0.230 e. The fraction of sp³-hybridized carbons (Fsp3) is 0.364. The number of amides is 1. The molecule has 1 aromatic carbocycles. The molecule has 9 heteroatoms. The normalized spacial score (nSPS) is 14.5. The van der Waals surface area contributed by atoms with Crippen LogP contribution in [0, 0.1) is 5.92 Å². The van der Waals surface area contributed by atoms with Crippen molar-refractivity contribution >= 4 is 40.9 Å². The molecular formula is C22H23Cl2N5OS. The Labute approximate surface area is 195 Å². The first-order chi connectivity index (χ1) is 15.1. The predicted octanol–water partition coefficient (Wildman–Crippen LogP) is 5.42. The van der Waals surface area contributed by atoms with E-state index in [1.54, 1.807) is 24.5 Å². The quantitative estimate of drug-likeness (QED) is 0.461. The molecule has 0 unspecified atom stereocenters. The molecule has 1 fully saturated rings. The molecule has 2 heterocycles. The van der Waals surface area contributed by atoms with Gasteiger partial charge in [0.05, 0.1) is 21.5 Å². The monoisotopic (exact) mass is 475 g/mol. The average Bonchev–Trinajstić information content (AvgIpc) is 3.23. The highest BCUT2D eigenvalue weighted by atomic mass is 35.5. The Morgan fingerprint density at radius 2 is 1.97 bits per heavy atom. The molecule has 0 bridgehead atoms. The van der Waals surface area contributed by atoms with Crippen LogP contribution in [0.3, 0.4) is 0 Å². The van der Waals surface area contributed by atoms with Crippen LogP contribution < -0.4 is 5.32 Å². The summed E-state index contributed by atoms with van der Waals surface area (Å²) in [4.78, 5) is 16.6. The number of hydrogen-bond donors (Lipinski definition) is 1. The summed E-state index contributed by atoms with van der Waals surface area (Å²) in [6, 6.07) is 9.10. The number of halogens is 2. The van der Waals surface area contributed by atoms with Crippen molar-refractivity contribution in [1.82, 2.24) is 25.1 Å². The molecule has 6 nitrogen and oxygen atoms in total. The predicted molar refractivity (Wildman–Crippen MR) is 125 cm³/mol. The lowest BCUT2D eigenvalue weighted by molar-refractivity contribution is -0.118. The van der Waals surface area contributed by atoms with Crippen LogP contribution in [0.4, 0.5) is 0 Å². The van der Waals surface area contributed by atoms with Gasteiger partial charge < -0.3 is 5.32 Å². The Bertz CT molecular complexity index is 1040. The van der Waals surface area contributed by atoms with Gasteiger partial charge in [-0.3, -0.25) is 14.3 Å². The van der Waals surface area contributed by atoms with Crippen LogP contribution in [-0.4, -0.2) is 38.0 Å². The van der Waals surface area contributed by atoms with Crippen molar-refractivity contribution in [3.63, 3.8) is 0 Å². The third-order valence-electron chi connectivity index (χ3n) is 5.36. The minimum atomic E-state index is 0.00203. The number of thioether (sulfide) groups is 1. The lowest BCUT2D eigenvalue weighted by Gasteiger charge is -2.21. The molecule has 1 amide bonds. The third-order valence-corrected chi connectivity index (χ3v) is 7.03. The van der Waals surface area contributed by atoms with Crippen LogP contribution in [0.5, 0.6) is 0 Å². The Kier molecular flexibility index (Phi) is 7.48. The molecule has 1 N–H and O–H groups in total. The molecule has 0 atom stereocenters. The van der Waals surface area contributed by atoms with Crippen molar-refractivity contribution in [2.24, 2.45) is 5.92 Å². The number of benzene rings is 1. The van der Waals surface area contributed by atoms with Gasteiger partial charge in [0.1, 0.15) is 0 Å². The van der Waals surface area contributed by atoms with Crippen molar-refractivity contribution < 1.29 is 4.79 Å². The van der Waals surface area contributed by atoms with Crippen molar-refractivity contribution in [2.45, 2.75) is 37.3 Å². The zero-order valence-electron chi connectivity index (χ0n) is 16.9. The average molecular weight is 476 g/mol. The minimum Gasteiger partial charge on any atom is -0.355 e. The lowest BCUT2D eigenvalue weighted by atomic mass is 9.89. The number of nitrogens with one attached hydrogen (secondary N) is 1. The molecule has 4 rings (SSSR count). The summed E-state index contributed by atoms with van der Waals surface area (Å²) in [5.41, 5.74) is 1.58. The minimum absolute atomic E-state index is 0.00203. The van der Waals surface area contributed by atoms with Gasteiger partial charge >= 0.3 is 0 Å². The van der Waals surface area contributed by atoms with Gasteiger partial charge in [-0.1, -0.05) is 54.2 Å². The highest BCUT2D eigenvalue weighted by Gasteiger charge is 2.19. The zero-order valence-corrected chi connectivity index (χ0v) is 19.3. The number of nitrogens with zero attached hydrogens (tertiary/aromatic N) is 4. The van der Waals surface area contributed by atoms with Gasteiger partial charge in [-0.25, -0.2) is 0 Å². The van der Waals surface area contributed by atoms with Crippen molar-refractivity contribution in [3.8, 4) is 17.1 Å². The second kappa shape index (κ2) is 10.5. The third kappa shape index (κ3) is 5.59. The van der Waals surface area contributed by atoms with E-state index in [0.717, 1.165) is 17.8 Å². The largest absolute Gasteiger partial charge is 0.355 e. The van der Waals surface area contributed by atoms with Crippen molar-refractivity contribution in [3.05, 3.63) is 52.8 Å². The number of aromatic nitrogens is 4. The molecule has 162 valence electrons. The molecule has 0 aliphatic heterocycles. The molecule has 0 saturated heterocycles. The highest BCUT2D eigenvalue weighted by molar-refractivity contribution is 7.99. The van der Waals surface area contributed by atoms with E-state index in [-0.39, 0.29) is 11.7 Å². The summed E-state index contributed by atoms with van der Waals surface area (Å²) >= 11 is 13.7. The topological polar surface area (TPSA) is 72.7 Å². The van der Waals surface area contributed by atoms with E-state index in [1.807, 2.05) is 22.8 Å². The number of carbonyl (C=O) groups excluding carboxylic acids is 1. The van der Waals surface area contributed by atoms with E-state index in [1.165, 1.54) is 43.9 Å². The number of pyridine rings is 1. The number of carbonyl (C=O) groups is 1. The standard InChI is InChI=1S/C22H23Cl2N5OS/c23-18-9-8-17(11-19(18)24)29-21(16-7-4-10-25-13-16)27-28-22(29)31-14-20(30)26-12-15-5-2-1-3-6-15/h4,7-11,13,15H,1-3,5-6,12,14H2,(H,26,30). The van der Waals surface area contributed by atoms with Crippen LogP contribution >= 0.6 is 35.0 Å². The molecule has 31 heavy (non-hydrogen) atoms. The van der Waals surface area contributed by atoms with Crippen LogP contribution in [0.25, 0.3) is 17.1 Å². The molecule has 1 aliphatic rings. The van der Waals surface area contributed by atoms with Gasteiger partial charge in [0.15, 0.2) is 11.0 Å². The maximum absolute atomic E-state index is 12.4. The van der Waals surface area contributed by atoms with E-state index in [2.05, 4.69) is 20.5 Å². The van der Waals surface area contributed by atoms with Crippen LogP contribution in [0.2, 0.25) is 10.0 Å².